The molecule has 8 heteroatoms. The van der Waals surface area contributed by atoms with Gasteiger partial charge >= 0.3 is 5.69 Å². The van der Waals surface area contributed by atoms with Gasteiger partial charge in [0.25, 0.3) is 5.56 Å². The normalized spacial score (nSPS) is 16.3. The van der Waals surface area contributed by atoms with E-state index in [-0.39, 0.29) is 17.1 Å². The maximum Gasteiger partial charge on any atom is 0.335 e. The maximum atomic E-state index is 13.9. The van der Waals surface area contributed by atoms with Crippen LogP contribution in [0.15, 0.2) is 82.6 Å². The van der Waals surface area contributed by atoms with Gasteiger partial charge in [-0.05, 0) is 86.7 Å². The standard InChI is InChI=1S/C31H30ClFN4O2/c32-26-10-2-1-9-23(26)29-28-11-3-4-16-36(28)31(39)37(30(29)38)17-6-5-14-35-15-7-8-21(20-35)25-19-34-27-13-12-22(33)18-24(25)27/h1-4,9-13,16,18-19,21,34H,5-8,14-15,17,20H2. The summed E-state index contributed by atoms with van der Waals surface area (Å²) in [7, 11) is 0. The highest BCUT2D eigenvalue weighted by atomic mass is 35.5. The van der Waals surface area contributed by atoms with Gasteiger partial charge in [0.05, 0.1) is 11.1 Å². The molecule has 0 bridgehead atoms. The molecule has 1 aliphatic heterocycles. The number of H-pyrrole nitrogens is 1. The number of hydrogen-bond donors (Lipinski definition) is 1. The Balaban J connectivity index is 1.17. The Labute approximate surface area is 230 Å². The summed E-state index contributed by atoms with van der Waals surface area (Å²) in [5.41, 5.74) is 3.10. The van der Waals surface area contributed by atoms with Gasteiger partial charge in [-0.25, -0.2) is 9.18 Å². The molecule has 0 radical (unpaired) electrons. The van der Waals surface area contributed by atoms with Crippen molar-refractivity contribution in [3.05, 3.63) is 110 Å². The molecule has 4 heterocycles. The SMILES string of the molecule is O=c1c(-c2ccccc2Cl)c2ccccn2c(=O)n1CCCCN1CCCC(c2c[nH]c3ccc(F)cc23)C1. The molecular formula is C31H30ClFN4O2. The number of aromatic amines is 1. The number of benzene rings is 2. The van der Waals surface area contributed by atoms with Gasteiger partial charge in [0.15, 0.2) is 0 Å². The van der Waals surface area contributed by atoms with Gasteiger partial charge in [0, 0.05) is 47.0 Å². The van der Waals surface area contributed by atoms with E-state index in [0.29, 0.717) is 40.5 Å². The first-order valence-corrected chi connectivity index (χ1v) is 13.9. The zero-order chi connectivity index (χ0) is 26.9. The van der Waals surface area contributed by atoms with E-state index in [4.69, 9.17) is 11.6 Å². The molecule has 1 saturated heterocycles. The molecule has 5 aromatic rings. The van der Waals surface area contributed by atoms with Crippen molar-refractivity contribution in [1.29, 1.82) is 0 Å². The topological polar surface area (TPSA) is 62.5 Å². The van der Waals surface area contributed by atoms with Gasteiger partial charge in [0.2, 0.25) is 0 Å². The number of aromatic nitrogens is 3. The van der Waals surface area contributed by atoms with Crippen LogP contribution in [-0.4, -0.2) is 38.5 Å². The first kappa shape index (κ1) is 25.6. The van der Waals surface area contributed by atoms with Crippen LogP contribution in [0, 0.1) is 5.82 Å². The lowest BCUT2D eigenvalue weighted by Gasteiger charge is -2.32. The Morgan fingerprint density at radius 1 is 1.00 bits per heavy atom. The lowest BCUT2D eigenvalue weighted by Crippen LogP contribution is -2.39. The highest BCUT2D eigenvalue weighted by molar-refractivity contribution is 6.33. The third-order valence-corrected chi connectivity index (χ3v) is 8.21. The molecule has 6 rings (SSSR count). The Kier molecular flexibility index (Phi) is 7.11. The number of halogens is 2. The van der Waals surface area contributed by atoms with Crippen LogP contribution in [0.4, 0.5) is 4.39 Å². The van der Waals surface area contributed by atoms with Crippen molar-refractivity contribution < 1.29 is 4.39 Å². The van der Waals surface area contributed by atoms with Crippen molar-refractivity contribution in [2.45, 2.75) is 38.1 Å². The zero-order valence-electron chi connectivity index (χ0n) is 21.6. The monoisotopic (exact) mass is 544 g/mol. The molecule has 0 amide bonds. The number of pyridine rings is 1. The van der Waals surface area contributed by atoms with Crippen LogP contribution in [0.2, 0.25) is 5.02 Å². The van der Waals surface area contributed by atoms with E-state index in [0.717, 1.165) is 49.8 Å². The minimum absolute atomic E-state index is 0.214. The summed E-state index contributed by atoms with van der Waals surface area (Å²) in [6.07, 6.45) is 7.44. The van der Waals surface area contributed by atoms with Gasteiger partial charge in [-0.2, -0.15) is 0 Å². The summed E-state index contributed by atoms with van der Waals surface area (Å²) in [6, 6.07) is 17.5. The summed E-state index contributed by atoms with van der Waals surface area (Å²) in [5.74, 6) is 0.133. The van der Waals surface area contributed by atoms with E-state index in [1.54, 1.807) is 36.5 Å². The number of nitrogens with zero attached hydrogens (tertiary/aromatic N) is 3. The van der Waals surface area contributed by atoms with E-state index in [2.05, 4.69) is 9.88 Å². The van der Waals surface area contributed by atoms with Crippen LogP contribution in [0.3, 0.4) is 0 Å². The Morgan fingerprint density at radius 3 is 2.69 bits per heavy atom. The smallest absolute Gasteiger partial charge is 0.335 e. The second-order valence-electron chi connectivity index (χ2n) is 10.3. The van der Waals surface area contributed by atoms with Crippen LogP contribution in [0.25, 0.3) is 27.5 Å². The molecule has 39 heavy (non-hydrogen) atoms. The quantitative estimate of drug-likeness (QED) is 0.253. The Morgan fingerprint density at radius 2 is 1.82 bits per heavy atom. The first-order chi connectivity index (χ1) is 19.0. The molecule has 0 aliphatic carbocycles. The first-order valence-electron chi connectivity index (χ1n) is 13.5. The maximum absolute atomic E-state index is 13.9. The fourth-order valence-corrected chi connectivity index (χ4v) is 6.19. The average molecular weight is 545 g/mol. The number of rotatable bonds is 7. The lowest BCUT2D eigenvalue weighted by molar-refractivity contribution is 0.204. The van der Waals surface area contributed by atoms with Crippen molar-refractivity contribution in [3.63, 3.8) is 0 Å². The van der Waals surface area contributed by atoms with Crippen molar-refractivity contribution in [2.75, 3.05) is 19.6 Å². The number of unbranched alkanes of at least 4 members (excludes halogenated alkanes) is 1. The van der Waals surface area contributed by atoms with Crippen LogP contribution in [-0.2, 0) is 6.54 Å². The molecule has 6 nitrogen and oxygen atoms in total. The van der Waals surface area contributed by atoms with Crippen LogP contribution < -0.4 is 11.2 Å². The number of likely N-dealkylation sites (tertiary alicyclic amines) is 1. The van der Waals surface area contributed by atoms with Crippen LogP contribution >= 0.6 is 11.6 Å². The van der Waals surface area contributed by atoms with Crippen LogP contribution in [0.1, 0.15) is 37.2 Å². The molecule has 3 aromatic heterocycles. The molecule has 200 valence electrons. The van der Waals surface area contributed by atoms with Crippen molar-refractivity contribution in [3.8, 4) is 11.1 Å². The minimum Gasteiger partial charge on any atom is -0.361 e. The third-order valence-electron chi connectivity index (χ3n) is 7.88. The highest BCUT2D eigenvalue weighted by Crippen LogP contribution is 2.33. The molecule has 0 saturated carbocycles. The lowest BCUT2D eigenvalue weighted by atomic mass is 9.90. The predicted molar refractivity (Wildman–Crippen MR) is 154 cm³/mol. The molecule has 1 fully saturated rings. The second kappa shape index (κ2) is 10.8. The molecule has 0 spiro atoms. The summed E-state index contributed by atoms with van der Waals surface area (Å²) < 4.78 is 16.8. The van der Waals surface area contributed by atoms with E-state index in [1.807, 2.05) is 30.5 Å². The van der Waals surface area contributed by atoms with Gasteiger partial charge in [-0.1, -0.05) is 35.9 Å². The molecule has 1 aliphatic rings. The fourth-order valence-electron chi connectivity index (χ4n) is 5.96. The van der Waals surface area contributed by atoms with E-state index in [9.17, 15) is 14.0 Å². The van der Waals surface area contributed by atoms with Gasteiger partial charge in [-0.3, -0.25) is 13.8 Å². The Bertz CT molecular complexity index is 1770. The van der Waals surface area contributed by atoms with Crippen molar-refractivity contribution in [1.82, 2.24) is 18.9 Å². The minimum atomic E-state index is -0.337. The summed E-state index contributed by atoms with van der Waals surface area (Å²) in [5, 5.41) is 1.44. The molecule has 2 aromatic carbocycles. The van der Waals surface area contributed by atoms with Gasteiger partial charge < -0.3 is 9.88 Å². The number of piperidine rings is 1. The molecule has 1 unspecified atom stereocenters. The summed E-state index contributed by atoms with van der Waals surface area (Å²) in [4.78, 5) is 32.6. The van der Waals surface area contributed by atoms with E-state index in [1.165, 1.54) is 20.6 Å². The third kappa shape index (κ3) is 4.92. The van der Waals surface area contributed by atoms with Crippen LogP contribution in [0.5, 0.6) is 0 Å². The predicted octanol–water partition coefficient (Wildman–Crippen LogP) is 6.06. The number of hydrogen-bond acceptors (Lipinski definition) is 3. The number of fused-ring (bicyclic) bond motifs is 2. The summed E-state index contributed by atoms with van der Waals surface area (Å²) >= 11 is 6.46. The Hall–Kier alpha value is -3.68. The van der Waals surface area contributed by atoms with Gasteiger partial charge in [-0.15, -0.1) is 0 Å². The average Bonchev–Trinajstić information content (AvgIpc) is 3.37. The van der Waals surface area contributed by atoms with E-state index < -0.39 is 0 Å². The molecule has 1 N–H and O–H groups in total. The number of nitrogens with one attached hydrogen (secondary N) is 1. The highest BCUT2D eigenvalue weighted by Gasteiger charge is 2.24. The summed E-state index contributed by atoms with van der Waals surface area (Å²) in [6.45, 7) is 3.15. The zero-order valence-corrected chi connectivity index (χ0v) is 22.3. The van der Waals surface area contributed by atoms with E-state index >= 15 is 0 Å². The largest absolute Gasteiger partial charge is 0.361 e. The second-order valence-corrected chi connectivity index (χ2v) is 10.7. The van der Waals surface area contributed by atoms with Gasteiger partial charge in [0.1, 0.15) is 5.82 Å². The fraction of sp³-hybridized carbons (Fsp3) is 0.290. The van der Waals surface area contributed by atoms with Crippen molar-refractivity contribution in [2.24, 2.45) is 0 Å². The molecular weight excluding hydrogens is 515 g/mol. The molecule has 1 atom stereocenters. The van der Waals surface area contributed by atoms with Crippen molar-refractivity contribution >= 4 is 28.0 Å².